The van der Waals surface area contributed by atoms with Crippen molar-refractivity contribution in [2.75, 3.05) is 0 Å². The number of hydrogen-bond acceptors (Lipinski definition) is 1. The number of halogens is 10. The summed E-state index contributed by atoms with van der Waals surface area (Å²) in [5, 5.41) is 0.284. The summed E-state index contributed by atoms with van der Waals surface area (Å²) in [5.74, 6) is -13.5. The monoisotopic (exact) mass is 532 g/mol. The molecule has 0 fully saturated rings. The molecule has 0 radical (unpaired) electrons. The van der Waals surface area contributed by atoms with Crippen LogP contribution in [0.2, 0.25) is 5.02 Å². The molecule has 4 rings (SSSR count). The molecule has 0 aliphatic heterocycles. The van der Waals surface area contributed by atoms with Gasteiger partial charge in [0.05, 0.1) is 5.56 Å². The Morgan fingerprint density at radius 3 is 1.64 bits per heavy atom. The Morgan fingerprint density at radius 1 is 0.583 bits per heavy atom. The quantitative estimate of drug-likeness (QED) is 0.184. The number of rotatable bonds is 5. The zero-order valence-electron chi connectivity index (χ0n) is 17.5. The van der Waals surface area contributed by atoms with E-state index in [0.717, 1.165) is 12.1 Å². The molecule has 0 spiro atoms. The summed E-state index contributed by atoms with van der Waals surface area (Å²) < 4.78 is 131. The lowest BCUT2D eigenvalue weighted by atomic mass is 9.97. The lowest BCUT2D eigenvalue weighted by Crippen LogP contribution is -2.25. The summed E-state index contributed by atoms with van der Waals surface area (Å²) in [6.07, 6.45) is -4.85. The molecular weight excluding hydrogens is 523 g/mol. The molecular formula is C25H10ClF9O. The van der Waals surface area contributed by atoms with Gasteiger partial charge in [-0.3, -0.25) is 0 Å². The number of hydrogen-bond donors (Lipinski definition) is 0. The highest BCUT2D eigenvalue weighted by Gasteiger charge is 2.41. The molecule has 186 valence electrons. The molecule has 36 heavy (non-hydrogen) atoms. The molecule has 0 saturated heterocycles. The molecule has 4 aromatic rings. The lowest BCUT2D eigenvalue weighted by Gasteiger charge is -2.20. The molecule has 0 N–H and O–H groups in total. The third-order valence-corrected chi connectivity index (χ3v) is 5.26. The molecule has 0 unspecified atom stereocenters. The van der Waals surface area contributed by atoms with E-state index < -0.39 is 69.3 Å². The second-order valence-electron chi connectivity index (χ2n) is 7.46. The zero-order chi connectivity index (χ0) is 26.4. The van der Waals surface area contributed by atoms with Crippen LogP contribution in [-0.4, -0.2) is 0 Å². The third-order valence-electron chi connectivity index (χ3n) is 5.03. The molecule has 0 saturated carbocycles. The van der Waals surface area contributed by atoms with Crippen molar-refractivity contribution < 1.29 is 44.3 Å². The van der Waals surface area contributed by atoms with E-state index in [1.807, 2.05) is 0 Å². The van der Waals surface area contributed by atoms with Gasteiger partial charge in [-0.1, -0.05) is 23.7 Å². The second-order valence-corrected chi connectivity index (χ2v) is 7.90. The lowest BCUT2D eigenvalue weighted by molar-refractivity contribution is -0.189. The first kappa shape index (κ1) is 25.4. The minimum Gasteiger partial charge on any atom is -0.429 e. The van der Waals surface area contributed by atoms with Crippen molar-refractivity contribution in [1.82, 2.24) is 0 Å². The van der Waals surface area contributed by atoms with Crippen molar-refractivity contribution in [3.63, 3.8) is 0 Å². The fourth-order valence-corrected chi connectivity index (χ4v) is 3.66. The van der Waals surface area contributed by atoms with E-state index in [1.54, 1.807) is 0 Å². The summed E-state index contributed by atoms with van der Waals surface area (Å²) in [6.45, 7) is 0. The predicted octanol–water partition coefficient (Wildman–Crippen LogP) is 8.78. The topological polar surface area (TPSA) is 9.23 Å². The summed E-state index contributed by atoms with van der Waals surface area (Å²) in [4.78, 5) is 0. The average Bonchev–Trinajstić information content (AvgIpc) is 2.76. The van der Waals surface area contributed by atoms with Crippen LogP contribution in [0.25, 0.3) is 22.3 Å². The maximum atomic E-state index is 14.8. The van der Waals surface area contributed by atoms with Crippen LogP contribution < -0.4 is 4.74 Å². The number of alkyl halides is 2. The molecule has 0 bridgehead atoms. The van der Waals surface area contributed by atoms with Gasteiger partial charge in [0.2, 0.25) is 0 Å². The molecule has 0 heterocycles. The SMILES string of the molecule is Fc1cc(OC(F)(F)c2c(F)cc(-c3c(F)cc(-c4cccc(Cl)c4)cc3F)cc2F)cc(F)c1F. The van der Waals surface area contributed by atoms with Crippen LogP contribution in [0.5, 0.6) is 5.75 Å². The highest BCUT2D eigenvalue weighted by molar-refractivity contribution is 6.30. The van der Waals surface area contributed by atoms with Gasteiger partial charge >= 0.3 is 6.11 Å². The third kappa shape index (κ3) is 4.86. The molecule has 0 aliphatic rings. The number of ether oxygens (including phenoxy) is 1. The predicted molar refractivity (Wildman–Crippen MR) is 113 cm³/mol. The maximum absolute atomic E-state index is 14.8. The van der Waals surface area contributed by atoms with Crippen LogP contribution in [0.15, 0.2) is 60.7 Å². The van der Waals surface area contributed by atoms with Gasteiger partial charge in [0.15, 0.2) is 17.5 Å². The van der Waals surface area contributed by atoms with Crippen molar-refractivity contribution in [1.29, 1.82) is 0 Å². The standard InChI is InChI=1S/C25H10ClF9O/c26-14-3-1-2-11(4-14)12-5-16(27)22(17(28)6-12)13-7-18(29)23(19(30)8-13)25(34,35)36-15-9-20(31)24(33)21(32)10-15/h1-10H. The average molecular weight is 533 g/mol. The van der Waals surface area contributed by atoms with Gasteiger partial charge in [0.1, 0.15) is 34.6 Å². The highest BCUT2D eigenvalue weighted by atomic mass is 35.5. The van der Waals surface area contributed by atoms with E-state index in [0.29, 0.717) is 5.56 Å². The van der Waals surface area contributed by atoms with Crippen molar-refractivity contribution in [2.24, 2.45) is 0 Å². The minimum atomic E-state index is -4.85. The van der Waals surface area contributed by atoms with Crippen molar-refractivity contribution in [2.45, 2.75) is 6.11 Å². The van der Waals surface area contributed by atoms with Gasteiger partial charge in [-0.05, 0) is 53.1 Å². The summed E-state index contributed by atoms with van der Waals surface area (Å²) >= 11 is 5.87. The molecule has 0 atom stereocenters. The van der Waals surface area contributed by atoms with Crippen molar-refractivity contribution in [3.8, 4) is 28.0 Å². The molecule has 1 nitrogen and oxygen atoms in total. The second kappa shape index (κ2) is 9.42. The van der Waals surface area contributed by atoms with E-state index in [9.17, 15) is 39.5 Å². The Hall–Kier alpha value is -3.66. The van der Waals surface area contributed by atoms with E-state index in [4.69, 9.17) is 11.6 Å². The van der Waals surface area contributed by atoms with E-state index in [1.165, 1.54) is 24.3 Å². The van der Waals surface area contributed by atoms with E-state index >= 15 is 0 Å². The Labute approximate surface area is 202 Å². The van der Waals surface area contributed by atoms with Crippen LogP contribution in [-0.2, 0) is 6.11 Å². The summed E-state index contributed by atoms with van der Waals surface area (Å²) in [6, 6.07) is 8.28. The van der Waals surface area contributed by atoms with Gasteiger partial charge in [-0.15, -0.1) is 0 Å². The fraction of sp³-hybridized carbons (Fsp3) is 0.0400. The smallest absolute Gasteiger partial charge is 0.429 e. The van der Waals surface area contributed by atoms with Crippen molar-refractivity contribution in [3.05, 3.63) is 112 Å². The van der Waals surface area contributed by atoms with Crippen LogP contribution in [0.4, 0.5) is 39.5 Å². The first-order valence-corrected chi connectivity index (χ1v) is 10.2. The van der Waals surface area contributed by atoms with Gasteiger partial charge in [-0.2, -0.15) is 8.78 Å². The first-order valence-electron chi connectivity index (χ1n) is 9.83. The minimum absolute atomic E-state index is 0.0444. The number of benzene rings is 4. The Morgan fingerprint density at radius 2 is 1.11 bits per heavy atom. The van der Waals surface area contributed by atoms with Gasteiger partial charge < -0.3 is 4.74 Å². The Kier molecular flexibility index (Phi) is 6.66. The first-order chi connectivity index (χ1) is 16.9. The maximum Gasteiger partial charge on any atom is 0.432 e. The van der Waals surface area contributed by atoms with Crippen LogP contribution >= 0.6 is 11.6 Å². The Balaban J connectivity index is 1.73. The highest BCUT2D eigenvalue weighted by Crippen LogP contribution is 2.39. The Bertz CT molecular complexity index is 1420. The van der Waals surface area contributed by atoms with Crippen LogP contribution in [0, 0.1) is 40.7 Å². The molecule has 11 heteroatoms. The molecule has 4 aromatic carbocycles. The van der Waals surface area contributed by atoms with Crippen molar-refractivity contribution >= 4 is 11.6 Å². The van der Waals surface area contributed by atoms with Gasteiger partial charge in [0.25, 0.3) is 0 Å². The largest absolute Gasteiger partial charge is 0.432 e. The van der Waals surface area contributed by atoms with Crippen LogP contribution in [0.3, 0.4) is 0 Å². The van der Waals surface area contributed by atoms with Crippen LogP contribution in [0.1, 0.15) is 5.56 Å². The zero-order valence-corrected chi connectivity index (χ0v) is 18.2. The summed E-state index contributed by atoms with van der Waals surface area (Å²) in [7, 11) is 0. The molecule has 0 aromatic heterocycles. The molecule has 0 amide bonds. The normalized spacial score (nSPS) is 11.6. The van der Waals surface area contributed by atoms with Gasteiger partial charge in [-0.25, -0.2) is 30.7 Å². The fourth-order valence-electron chi connectivity index (χ4n) is 3.47. The van der Waals surface area contributed by atoms with E-state index in [-0.39, 0.29) is 34.9 Å². The summed E-state index contributed by atoms with van der Waals surface area (Å²) in [5.41, 5.74) is -3.28. The van der Waals surface area contributed by atoms with Gasteiger partial charge in [0, 0.05) is 17.2 Å². The molecule has 0 aliphatic carbocycles. The van der Waals surface area contributed by atoms with E-state index in [2.05, 4.69) is 4.74 Å².